The standard InChI is InChI=1S/C23H20ClN5O3/c1-4-27-21(30)19-20(26(2)23(27)31)25-22-28(19)13-17(14-8-6-5-7-9-14)29(22)16-12-15(24)10-11-18(16)32-3/h5-13H,4H2,1-3H3. The van der Waals surface area contributed by atoms with Crippen LogP contribution in [-0.2, 0) is 13.6 Å². The van der Waals surface area contributed by atoms with E-state index in [0.717, 1.165) is 11.3 Å². The fourth-order valence-corrected chi connectivity index (χ4v) is 4.23. The van der Waals surface area contributed by atoms with Crippen LogP contribution in [0.4, 0.5) is 0 Å². The number of imidazole rings is 2. The predicted octanol–water partition coefficient (Wildman–Crippen LogP) is 3.49. The van der Waals surface area contributed by atoms with Crippen LogP contribution in [0.3, 0.4) is 0 Å². The smallest absolute Gasteiger partial charge is 0.332 e. The van der Waals surface area contributed by atoms with Gasteiger partial charge >= 0.3 is 5.69 Å². The van der Waals surface area contributed by atoms with Crippen molar-refractivity contribution in [1.82, 2.24) is 23.1 Å². The number of aromatic nitrogens is 5. The minimum Gasteiger partial charge on any atom is -0.495 e. The highest BCUT2D eigenvalue weighted by molar-refractivity contribution is 6.30. The summed E-state index contributed by atoms with van der Waals surface area (Å²) in [5.41, 5.74) is 2.26. The molecule has 2 aromatic carbocycles. The molecule has 0 amide bonds. The van der Waals surface area contributed by atoms with E-state index >= 15 is 0 Å². The summed E-state index contributed by atoms with van der Waals surface area (Å²) in [5.74, 6) is 1.07. The van der Waals surface area contributed by atoms with E-state index in [1.165, 1.54) is 9.13 Å². The molecular formula is C23H20ClN5O3. The van der Waals surface area contributed by atoms with E-state index in [-0.39, 0.29) is 12.1 Å². The van der Waals surface area contributed by atoms with Crippen molar-refractivity contribution < 1.29 is 4.74 Å². The number of aryl methyl sites for hydroxylation is 1. The summed E-state index contributed by atoms with van der Waals surface area (Å²) < 4.78 is 11.8. The van der Waals surface area contributed by atoms with Crippen molar-refractivity contribution in [3.63, 3.8) is 0 Å². The van der Waals surface area contributed by atoms with Crippen LogP contribution in [0.15, 0.2) is 64.3 Å². The van der Waals surface area contributed by atoms with Gasteiger partial charge in [0.05, 0.1) is 18.5 Å². The second-order valence-corrected chi connectivity index (χ2v) is 7.81. The van der Waals surface area contributed by atoms with Crippen LogP contribution < -0.4 is 16.0 Å². The van der Waals surface area contributed by atoms with Gasteiger partial charge in [0.25, 0.3) is 5.56 Å². The summed E-state index contributed by atoms with van der Waals surface area (Å²) in [6.07, 6.45) is 1.85. The largest absolute Gasteiger partial charge is 0.495 e. The van der Waals surface area contributed by atoms with Gasteiger partial charge in [-0.3, -0.25) is 22.9 Å². The van der Waals surface area contributed by atoms with E-state index in [1.54, 1.807) is 43.7 Å². The van der Waals surface area contributed by atoms with E-state index in [1.807, 2.05) is 41.1 Å². The molecule has 5 rings (SSSR count). The van der Waals surface area contributed by atoms with E-state index in [9.17, 15) is 9.59 Å². The van der Waals surface area contributed by atoms with Crippen LogP contribution in [0, 0.1) is 0 Å². The molecule has 0 N–H and O–H groups in total. The molecule has 32 heavy (non-hydrogen) atoms. The van der Waals surface area contributed by atoms with Gasteiger partial charge < -0.3 is 4.74 Å². The summed E-state index contributed by atoms with van der Waals surface area (Å²) in [6.45, 7) is 2.04. The van der Waals surface area contributed by atoms with E-state index in [0.29, 0.717) is 33.4 Å². The Kier molecular flexibility index (Phi) is 4.67. The number of hydrogen-bond donors (Lipinski definition) is 0. The molecule has 0 atom stereocenters. The first-order valence-corrected chi connectivity index (χ1v) is 10.5. The zero-order chi connectivity index (χ0) is 22.6. The third-order valence-corrected chi connectivity index (χ3v) is 5.85. The first-order chi connectivity index (χ1) is 15.5. The third-order valence-electron chi connectivity index (χ3n) is 5.62. The van der Waals surface area contributed by atoms with Crippen molar-refractivity contribution in [2.24, 2.45) is 7.05 Å². The van der Waals surface area contributed by atoms with Crippen LogP contribution in [0.5, 0.6) is 5.75 Å². The summed E-state index contributed by atoms with van der Waals surface area (Å²) in [6, 6.07) is 15.1. The first kappa shape index (κ1) is 20.1. The van der Waals surface area contributed by atoms with Crippen molar-refractivity contribution in [2.45, 2.75) is 13.5 Å². The van der Waals surface area contributed by atoms with E-state index in [2.05, 4.69) is 0 Å². The Labute approximate surface area is 187 Å². The molecule has 0 fully saturated rings. The van der Waals surface area contributed by atoms with E-state index < -0.39 is 5.69 Å². The maximum atomic E-state index is 13.2. The van der Waals surface area contributed by atoms with E-state index in [4.69, 9.17) is 21.3 Å². The summed E-state index contributed by atoms with van der Waals surface area (Å²) >= 11 is 6.33. The molecule has 162 valence electrons. The van der Waals surface area contributed by atoms with Crippen LogP contribution in [0.25, 0.3) is 33.9 Å². The number of halogens is 1. The minimum absolute atomic E-state index is 0.267. The van der Waals surface area contributed by atoms with Gasteiger partial charge in [0, 0.05) is 30.4 Å². The summed E-state index contributed by atoms with van der Waals surface area (Å²) in [7, 11) is 3.20. The van der Waals surface area contributed by atoms with Crippen LogP contribution in [0.2, 0.25) is 5.02 Å². The van der Waals surface area contributed by atoms with Crippen molar-refractivity contribution in [2.75, 3.05) is 7.11 Å². The number of hydrogen-bond acceptors (Lipinski definition) is 4. The molecule has 0 bridgehead atoms. The molecule has 0 saturated heterocycles. The lowest BCUT2D eigenvalue weighted by Gasteiger charge is -2.13. The molecule has 0 radical (unpaired) electrons. The van der Waals surface area contributed by atoms with Gasteiger partial charge in [-0.2, -0.15) is 4.98 Å². The van der Waals surface area contributed by atoms with Crippen molar-refractivity contribution >= 4 is 28.5 Å². The average Bonchev–Trinajstić information content (AvgIpc) is 3.35. The number of benzene rings is 2. The Morgan fingerprint density at radius 2 is 1.84 bits per heavy atom. The molecular weight excluding hydrogens is 430 g/mol. The molecule has 0 aliphatic rings. The molecule has 0 aliphatic heterocycles. The minimum atomic E-state index is -0.402. The molecule has 0 unspecified atom stereocenters. The second-order valence-electron chi connectivity index (χ2n) is 7.38. The van der Waals surface area contributed by atoms with Gasteiger partial charge in [-0.25, -0.2) is 4.79 Å². The first-order valence-electron chi connectivity index (χ1n) is 10.1. The van der Waals surface area contributed by atoms with Gasteiger partial charge in [0.15, 0.2) is 11.2 Å². The van der Waals surface area contributed by atoms with Gasteiger partial charge in [-0.1, -0.05) is 41.9 Å². The molecule has 8 nitrogen and oxygen atoms in total. The predicted molar refractivity (Wildman–Crippen MR) is 124 cm³/mol. The summed E-state index contributed by atoms with van der Waals surface area (Å²) in [4.78, 5) is 30.6. The fraction of sp³-hybridized carbons (Fsp3) is 0.174. The lowest BCUT2D eigenvalue weighted by molar-refractivity contribution is 0.413. The number of rotatable bonds is 4. The van der Waals surface area contributed by atoms with Crippen molar-refractivity contribution in [1.29, 1.82) is 0 Å². The quantitative estimate of drug-likeness (QED) is 0.421. The SMILES string of the molecule is CCn1c(=O)c2c(nc3n(-c4cc(Cl)ccc4OC)c(-c4ccccc4)cn23)n(C)c1=O. The topological polar surface area (TPSA) is 75.5 Å². The Hall–Kier alpha value is -3.78. The lowest BCUT2D eigenvalue weighted by atomic mass is 10.1. The molecule has 0 spiro atoms. The normalized spacial score (nSPS) is 11.5. The molecule has 5 aromatic rings. The molecule has 3 heterocycles. The Morgan fingerprint density at radius 3 is 2.53 bits per heavy atom. The Bertz CT molecular complexity index is 1610. The molecule has 0 saturated carbocycles. The van der Waals surface area contributed by atoms with Gasteiger partial charge in [0.2, 0.25) is 5.78 Å². The van der Waals surface area contributed by atoms with Crippen molar-refractivity contribution in [3.8, 4) is 22.7 Å². The molecule has 9 heteroatoms. The number of ether oxygens (including phenoxy) is 1. The molecule has 0 aliphatic carbocycles. The zero-order valence-electron chi connectivity index (χ0n) is 17.7. The maximum absolute atomic E-state index is 13.2. The zero-order valence-corrected chi connectivity index (χ0v) is 18.5. The monoisotopic (exact) mass is 449 g/mol. The number of fused-ring (bicyclic) bond motifs is 3. The van der Waals surface area contributed by atoms with Crippen LogP contribution in [-0.4, -0.2) is 30.2 Å². The van der Waals surface area contributed by atoms with Crippen LogP contribution >= 0.6 is 11.6 Å². The lowest BCUT2D eigenvalue weighted by Crippen LogP contribution is -2.38. The maximum Gasteiger partial charge on any atom is 0.332 e. The number of nitrogens with zero attached hydrogens (tertiary/aromatic N) is 5. The second kappa shape index (κ2) is 7.42. The van der Waals surface area contributed by atoms with Gasteiger partial charge in [0.1, 0.15) is 5.75 Å². The van der Waals surface area contributed by atoms with Crippen LogP contribution in [0.1, 0.15) is 6.92 Å². The summed E-state index contributed by atoms with van der Waals surface area (Å²) in [5, 5.41) is 0.531. The third kappa shape index (κ3) is 2.80. The van der Waals surface area contributed by atoms with Gasteiger partial charge in [-0.15, -0.1) is 0 Å². The van der Waals surface area contributed by atoms with Crippen molar-refractivity contribution in [3.05, 3.63) is 80.6 Å². The number of methoxy groups -OCH3 is 1. The Balaban J connectivity index is 2.00. The highest BCUT2D eigenvalue weighted by Gasteiger charge is 2.23. The molecule has 3 aromatic heterocycles. The van der Waals surface area contributed by atoms with Gasteiger partial charge in [-0.05, 0) is 25.1 Å². The highest BCUT2D eigenvalue weighted by Crippen LogP contribution is 2.34. The Morgan fingerprint density at radius 1 is 1.09 bits per heavy atom. The highest BCUT2D eigenvalue weighted by atomic mass is 35.5. The average molecular weight is 450 g/mol. The fourth-order valence-electron chi connectivity index (χ4n) is 4.06.